The Kier molecular flexibility index (Phi) is 52.4. The van der Waals surface area contributed by atoms with Crippen molar-refractivity contribution >= 4 is 5.91 Å². The van der Waals surface area contributed by atoms with Crippen molar-refractivity contribution in [2.45, 2.75) is 301 Å². The average Bonchev–Trinajstić information content (AvgIpc) is 3.43. The smallest absolute Gasteiger partial charge is 0.220 e. The van der Waals surface area contributed by atoms with Crippen molar-refractivity contribution in [1.82, 2.24) is 5.32 Å². The van der Waals surface area contributed by atoms with Gasteiger partial charge < -0.3 is 40.3 Å². The summed E-state index contributed by atoms with van der Waals surface area (Å²) in [5.41, 5.74) is 0. The molecule has 7 atom stereocenters. The van der Waals surface area contributed by atoms with Gasteiger partial charge in [-0.15, -0.1) is 0 Å². The fourth-order valence-corrected chi connectivity index (χ4v) is 9.39. The molecular formula is C68H117NO8. The molecule has 1 fully saturated rings. The van der Waals surface area contributed by atoms with Gasteiger partial charge in [-0.25, -0.2) is 0 Å². The van der Waals surface area contributed by atoms with Gasteiger partial charge in [-0.1, -0.05) is 271 Å². The van der Waals surface area contributed by atoms with E-state index in [9.17, 15) is 30.3 Å². The zero-order valence-corrected chi connectivity index (χ0v) is 49.2. The third kappa shape index (κ3) is 45.3. The van der Waals surface area contributed by atoms with Crippen molar-refractivity contribution in [1.29, 1.82) is 0 Å². The first-order valence-electron chi connectivity index (χ1n) is 31.6. The highest BCUT2D eigenvalue weighted by atomic mass is 16.7. The molecule has 1 aliphatic rings. The van der Waals surface area contributed by atoms with Crippen molar-refractivity contribution < 1.29 is 39.8 Å². The number of hydrogen-bond acceptors (Lipinski definition) is 8. The molecule has 1 heterocycles. The zero-order valence-electron chi connectivity index (χ0n) is 49.2. The van der Waals surface area contributed by atoms with Gasteiger partial charge in [-0.2, -0.15) is 0 Å². The number of aliphatic hydroxyl groups excluding tert-OH is 5. The zero-order chi connectivity index (χ0) is 55.8. The van der Waals surface area contributed by atoms with Crippen LogP contribution in [-0.2, 0) is 14.3 Å². The van der Waals surface area contributed by atoms with Gasteiger partial charge in [0.1, 0.15) is 24.4 Å². The van der Waals surface area contributed by atoms with Crippen LogP contribution < -0.4 is 5.32 Å². The Balaban J connectivity index is 2.14. The molecule has 77 heavy (non-hydrogen) atoms. The second kappa shape index (κ2) is 56.1. The first-order chi connectivity index (χ1) is 37.8. The number of rotatable bonds is 53. The maximum Gasteiger partial charge on any atom is 0.220 e. The molecule has 0 aromatic carbocycles. The number of amides is 1. The van der Waals surface area contributed by atoms with E-state index in [2.05, 4.69) is 116 Å². The van der Waals surface area contributed by atoms with E-state index in [1.807, 2.05) is 6.08 Å². The van der Waals surface area contributed by atoms with Crippen LogP contribution in [0.5, 0.6) is 0 Å². The molecule has 9 nitrogen and oxygen atoms in total. The van der Waals surface area contributed by atoms with E-state index in [0.29, 0.717) is 6.42 Å². The van der Waals surface area contributed by atoms with E-state index >= 15 is 0 Å². The molecule has 0 radical (unpaired) electrons. The summed E-state index contributed by atoms with van der Waals surface area (Å²) in [6, 6.07) is -0.827. The van der Waals surface area contributed by atoms with Gasteiger partial charge in [0, 0.05) is 6.42 Å². The molecule has 7 unspecified atom stereocenters. The Morgan fingerprint density at radius 1 is 0.455 bits per heavy atom. The summed E-state index contributed by atoms with van der Waals surface area (Å²) in [7, 11) is 0. The fraction of sp³-hybridized carbons (Fsp3) is 0.721. The first kappa shape index (κ1) is 71.9. The highest BCUT2D eigenvalue weighted by molar-refractivity contribution is 5.76. The second-order valence-corrected chi connectivity index (χ2v) is 21.5. The standard InChI is InChI=1S/C68H117NO8/c1-3-5-7-9-11-13-15-17-19-21-22-23-24-25-26-27-28-29-30-31-32-33-34-35-36-37-38-39-40-42-44-46-48-50-52-54-56-58-64(72)69-61(60-76-68-67(75)66(74)65(73)63(59-70)77-68)62(71)57-55-53-51-49-47-45-43-41-20-18-16-14-12-10-8-6-4-2/h5,7,11,13,17,19,22-23,25-26,28-29,31-32,47,49,55,57,61-63,65-68,70-71,73-75H,3-4,6,8-10,12,14-16,18,20-21,24,27,30,33-46,48,50-54,56,58-60H2,1-2H3,(H,69,72)/b7-5-,13-11-,19-17-,23-22-,26-25-,29-28-,32-31-,49-47+,57-55+. The van der Waals surface area contributed by atoms with Crippen molar-refractivity contribution in [2.24, 2.45) is 0 Å². The van der Waals surface area contributed by atoms with Crippen LogP contribution in [0.15, 0.2) is 109 Å². The minimum atomic E-state index is -1.58. The number of nitrogens with one attached hydrogen (secondary N) is 1. The molecule has 6 N–H and O–H groups in total. The molecule has 442 valence electrons. The van der Waals surface area contributed by atoms with E-state index in [0.717, 1.165) is 83.5 Å². The second-order valence-electron chi connectivity index (χ2n) is 21.5. The van der Waals surface area contributed by atoms with E-state index in [1.165, 1.54) is 154 Å². The van der Waals surface area contributed by atoms with Gasteiger partial charge >= 0.3 is 0 Å². The lowest BCUT2D eigenvalue weighted by molar-refractivity contribution is -0.302. The molecule has 1 amide bonds. The van der Waals surface area contributed by atoms with Crippen LogP contribution in [0, 0.1) is 0 Å². The molecular weight excluding hydrogens is 959 g/mol. The predicted molar refractivity (Wildman–Crippen MR) is 327 cm³/mol. The third-order valence-electron chi connectivity index (χ3n) is 14.3. The van der Waals surface area contributed by atoms with E-state index in [4.69, 9.17) is 9.47 Å². The van der Waals surface area contributed by atoms with Crippen molar-refractivity contribution in [3.8, 4) is 0 Å². The highest BCUT2D eigenvalue weighted by Crippen LogP contribution is 2.23. The largest absolute Gasteiger partial charge is 0.394 e. The van der Waals surface area contributed by atoms with Crippen LogP contribution >= 0.6 is 0 Å². The lowest BCUT2D eigenvalue weighted by atomic mass is 9.99. The topological polar surface area (TPSA) is 149 Å². The van der Waals surface area contributed by atoms with Gasteiger partial charge in [0.15, 0.2) is 6.29 Å². The quantitative estimate of drug-likeness (QED) is 0.0261. The number of carbonyl (C=O) groups excluding carboxylic acids is 1. The molecule has 0 bridgehead atoms. The SMILES string of the molecule is CC/C=C\C/C=C\C/C=C\C/C=C\C/C=C\C/C=C\C/C=C\CCCCCCCCCCCCCCCCCC(=O)NC(COC1OC(CO)C(O)C(O)C1O)C(O)/C=C/CC/C=C/CCCCCCCCCCCCC. The van der Waals surface area contributed by atoms with E-state index in [-0.39, 0.29) is 12.5 Å². The van der Waals surface area contributed by atoms with Crippen molar-refractivity contribution in [2.75, 3.05) is 13.2 Å². The van der Waals surface area contributed by atoms with Gasteiger partial charge in [-0.05, 0) is 89.9 Å². The van der Waals surface area contributed by atoms with Crippen LogP contribution in [0.2, 0.25) is 0 Å². The summed E-state index contributed by atoms with van der Waals surface area (Å²) in [5.74, 6) is -0.189. The van der Waals surface area contributed by atoms with Crippen LogP contribution in [-0.4, -0.2) is 87.5 Å². The predicted octanol–water partition coefficient (Wildman–Crippen LogP) is 16.5. The normalized spacial score (nSPS) is 19.5. The first-order valence-corrected chi connectivity index (χ1v) is 31.6. The molecule has 0 spiro atoms. The molecule has 0 aromatic heterocycles. The lowest BCUT2D eigenvalue weighted by Gasteiger charge is -2.40. The lowest BCUT2D eigenvalue weighted by Crippen LogP contribution is -2.60. The van der Waals surface area contributed by atoms with Crippen molar-refractivity contribution in [3.05, 3.63) is 109 Å². The summed E-state index contributed by atoms with van der Waals surface area (Å²) in [4.78, 5) is 13.1. The van der Waals surface area contributed by atoms with Crippen LogP contribution in [0.4, 0.5) is 0 Å². The van der Waals surface area contributed by atoms with Gasteiger partial charge in [0.25, 0.3) is 0 Å². The van der Waals surface area contributed by atoms with E-state index < -0.39 is 49.5 Å². The fourth-order valence-electron chi connectivity index (χ4n) is 9.39. The molecule has 0 saturated carbocycles. The molecule has 0 aliphatic carbocycles. The number of ether oxygens (including phenoxy) is 2. The Morgan fingerprint density at radius 3 is 1.25 bits per heavy atom. The Bertz CT molecular complexity index is 1580. The monoisotopic (exact) mass is 1080 g/mol. The summed E-state index contributed by atoms with van der Waals surface area (Å²) < 4.78 is 11.3. The summed E-state index contributed by atoms with van der Waals surface area (Å²) >= 11 is 0. The number of allylic oxidation sites excluding steroid dienone is 17. The Labute approximate surface area is 472 Å². The van der Waals surface area contributed by atoms with Gasteiger partial charge in [0.2, 0.25) is 5.91 Å². The average molecular weight is 1080 g/mol. The Morgan fingerprint density at radius 2 is 0.818 bits per heavy atom. The molecule has 9 heteroatoms. The maximum atomic E-state index is 13.1. The Hall–Kier alpha value is -3.15. The minimum Gasteiger partial charge on any atom is -0.394 e. The van der Waals surface area contributed by atoms with Crippen LogP contribution in [0.3, 0.4) is 0 Å². The van der Waals surface area contributed by atoms with E-state index in [1.54, 1.807) is 6.08 Å². The van der Waals surface area contributed by atoms with Crippen LogP contribution in [0.25, 0.3) is 0 Å². The number of aliphatic hydroxyl groups is 5. The summed E-state index contributed by atoms with van der Waals surface area (Å²) in [6.07, 6.45) is 76.0. The van der Waals surface area contributed by atoms with Gasteiger partial charge in [-0.3, -0.25) is 4.79 Å². The number of hydrogen-bond donors (Lipinski definition) is 6. The molecule has 1 saturated heterocycles. The maximum absolute atomic E-state index is 13.1. The molecule has 1 aliphatic heterocycles. The number of unbranched alkanes of at least 4 members (excludes halogenated alkanes) is 27. The number of carbonyl (C=O) groups is 1. The summed E-state index contributed by atoms with van der Waals surface area (Å²) in [5, 5.41) is 54.5. The van der Waals surface area contributed by atoms with Gasteiger partial charge in [0.05, 0.1) is 25.4 Å². The van der Waals surface area contributed by atoms with Crippen LogP contribution in [0.1, 0.15) is 258 Å². The van der Waals surface area contributed by atoms with Crippen molar-refractivity contribution in [3.63, 3.8) is 0 Å². The molecule has 1 rings (SSSR count). The summed E-state index contributed by atoms with van der Waals surface area (Å²) in [6.45, 7) is 3.65. The third-order valence-corrected chi connectivity index (χ3v) is 14.3. The minimum absolute atomic E-state index is 0.189. The highest BCUT2D eigenvalue weighted by Gasteiger charge is 2.44. The molecule has 0 aromatic rings.